The zero-order chi connectivity index (χ0) is 29.4. The molecule has 3 amide bonds. The van der Waals surface area contributed by atoms with Gasteiger partial charge in [-0.05, 0) is 56.2 Å². The third-order valence-electron chi connectivity index (χ3n) is 5.39. The molecule has 0 saturated heterocycles. The first-order valence-electron chi connectivity index (χ1n) is 12.1. The standard InChI is InChI=1S/C25H26N6O2.C2HF3O2/c1-4-16-13-26-23-21(16)22(27-14-28-23)17-8-10-19(11-9-17)30-25(33)31-20-7-5-6-18(12-20)24(32)29-15(2)3;3-2(4,5)1(6)7/h5-15H,4H2,1-3H3,(H,29,32)(H,26,27,28)(H2,30,31,33);(H,6,7). The van der Waals surface area contributed by atoms with Gasteiger partial charge < -0.3 is 26.0 Å². The molecule has 0 aliphatic rings. The molecule has 2 heterocycles. The van der Waals surface area contributed by atoms with E-state index in [1.54, 1.807) is 30.6 Å². The van der Waals surface area contributed by atoms with Gasteiger partial charge >= 0.3 is 18.2 Å². The predicted molar refractivity (Wildman–Crippen MR) is 144 cm³/mol. The van der Waals surface area contributed by atoms with Gasteiger partial charge in [-0.3, -0.25) is 4.79 Å². The number of benzene rings is 2. The number of fused-ring (bicyclic) bond motifs is 1. The number of rotatable bonds is 6. The molecule has 0 radical (unpaired) electrons. The number of anilines is 2. The lowest BCUT2D eigenvalue weighted by atomic mass is 10.0. The molecule has 5 N–H and O–H groups in total. The maximum absolute atomic E-state index is 12.5. The number of nitrogens with zero attached hydrogens (tertiary/aromatic N) is 2. The first kappa shape index (κ1) is 29.6. The quantitative estimate of drug-likeness (QED) is 0.209. The van der Waals surface area contributed by atoms with Gasteiger partial charge in [0.25, 0.3) is 5.91 Å². The van der Waals surface area contributed by atoms with Crippen LogP contribution in [0.5, 0.6) is 0 Å². The molecular formula is C27H27F3N6O4. The van der Waals surface area contributed by atoms with E-state index in [1.165, 1.54) is 0 Å². The van der Waals surface area contributed by atoms with Gasteiger partial charge in [-0.15, -0.1) is 0 Å². The predicted octanol–water partition coefficient (Wildman–Crippen LogP) is 5.60. The lowest BCUT2D eigenvalue weighted by Crippen LogP contribution is -2.30. The number of aliphatic carboxylic acids is 1. The summed E-state index contributed by atoms with van der Waals surface area (Å²) in [6, 6.07) is 13.9. The van der Waals surface area contributed by atoms with Gasteiger partial charge in [0.15, 0.2) is 0 Å². The van der Waals surface area contributed by atoms with E-state index < -0.39 is 18.2 Å². The molecule has 0 unspecified atom stereocenters. The van der Waals surface area contributed by atoms with E-state index in [-0.39, 0.29) is 11.9 Å². The number of halogens is 3. The lowest BCUT2D eigenvalue weighted by molar-refractivity contribution is -0.192. The SMILES string of the molecule is CCc1c[nH]c2ncnc(-c3ccc(NC(=O)Nc4cccc(C(=O)NC(C)C)c4)cc3)c12.O=C(O)C(F)(F)F. The number of aromatic amines is 1. The van der Waals surface area contributed by atoms with Gasteiger partial charge in [-0.2, -0.15) is 13.2 Å². The van der Waals surface area contributed by atoms with E-state index in [4.69, 9.17) is 9.90 Å². The van der Waals surface area contributed by atoms with Crippen LogP contribution in [0.25, 0.3) is 22.3 Å². The number of hydrogen-bond acceptors (Lipinski definition) is 5. The Hall–Kier alpha value is -4.94. The minimum atomic E-state index is -5.08. The van der Waals surface area contributed by atoms with Crippen LogP contribution in [0.2, 0.25) is 0 Å². The van der Waals surface area contributed by atoms with Crippen molar-refractivity contribution in [2.75, 3.05) is 10.6 Å². The Morgan fingerprint density at radius 3 is 2.25 bits per heavy atom. The second-order valence-corrected chi connectivity index (χ2v) is 8.78. The fourth-order valence-electron chi connectivity index (χ4n) is 3.61. The molecule has 40 heavy (non-hydrogen) atoms. The highest BCUT2D eigenvalue weighted by atomic mass is 19.4. The fourth-order valence-corrected chi connectivity index (χ4v) is 3.61. The summed E-state index contributed by atoms with van der Waals surface area (Å²) >= 11 is 0. The molecule has 4 aromatic rings. The van der Waals surface area contributed by atoms with Crippen LogP contribution >= 0.6 is 0 Å². The maximum atomic E-state index is 12.5. The van der Waals surface area contributed by atoms with Gasteiger partial charge in [0.1, 0.15) is 12.0 Å². The molecule has 0 saturated carbocycles. The fraction of sp³-hybridized carbons (Fsp3) is 0.222. The number of amides is 3. The van der Waals surface area contributed by atoms with Crippen molar-refractivity contribution in [1.82, 2.24) is 20.3 Å². The molecule has 2 aromatic heterocycles. The molecule has 0 atom stereocenters. The number of aryl methyl sites for hydroxylation is 1. The Morgan fingerprint density at radius 2 is 1.65 bits per heavy atom. The summed E-state index contributed by atoms with van der Waals surface area (Å²) < 4.78 is 31.7. The Labute approximate surface area is 227 Å². The number of carboxylic acids is 1. The van der Waals surface area contributed by atoms with Gasteiger partial charge in [-0.1, -0.05) is 25.1 Å². The van der Waals surface area contributed by atoms with Gasteiger partial charge in [0.2, 0.25) is 0 Å². The molecular weight excluding hydrogens is 529 g/mol. The molecule has 13 heteroatoms. The van der Waals surface area contributed by atoms with Crippen LogP contribution in [0.15, 0.2) is 61.1 Å². The molecule has 0 spiro atoms. The van der Waals surface area contributed by atoms with Crippen LogP contribution in [0.1, 0.15) is 36.7 Å². The van der Waals surface area contributed by atoms with Crippen LogP contribution in [0.4, 0.5) is 29.3 Å². The van der Waals surface area contributed by atoms with Crippen molar-refractivity contribution in [3.8, 4) is 11.3 Å². The van der Waals surface area contributed by atoms with Crippen molar-refractivity contribution in [3.05, 3.63) is 72.2 Å². The smallest absolute Gasteiger partial charge is 0.475 e. The maximum Gasteiger partial charge on any atom is 0.490 e. The number of urea groups is 1. The second-order valence-electron chi connectivity index (χ2n) is 8.78. The number of nitrogens with one attached hydrogen (secondary N) is 4. The molecule has 0 aliphatic carbocycles. The summed E-state index contributed by atoms with van der Waals surface area (Å²) in [5, 5.41) is 16.6. The third-order valence-corrected chi connectivity index (χ3v) is 5.39. The van der Waals surface area contributed by atoms with Crippen molar-refractivity contribution < 1.29 is 32.7 Å². The number of hydrogen-bond donors (Lipinski definition) is 5. The Bertz CT molecular complexity index is 1500. The summed E-state index contributed by atoms with van der Waals surface area (Å²) in [6.45, 7) is 5.89. The Balaban J connectivity index is 0.000000559. The second kappa shape index (κ2) is 12.7. The van der Waals surface area contributed by atoms with E-state index in [0.29, 0.717) is 16.9 Å². The van der Waals surface area contributed by atoms with Crippen LogP contribution in [0, 0.1) is 0 Å². The average Bonchev–Trinajstić information content (AvgIpc) is 3.32. The van der Waals surface area contributed by atoms with Crippen molar-refractivity contribution in [2.24, 2.45) is 0 Å². The molecule has 0 fully saturated rings. The zero-order valence-corrected chi connectivity index (χ0v) is 21.8. The molecule has 210 valence electrons. The largest absolute Gasteiger partial charge is 0.490 e. The minimum absolute atomic E-state index is 0.0321. The van der Waals surface area contributed by atoms with Gasteiger partial charge in [-0.25, -0.2) is 19.6 Å². The summed E-state index contributed by atoms with van der Waals surface area (Å²) in [5.41, 5.74) is 5.41. The van der Waals surface area contributed by atoms with E-state index in [1.807, 2.05) is 44.3 Å². The zero-order valence-electron chi connectivity index (χ0n) is 21.8. The number of H-pyrrole nitrogens is 1. The number of carbonyl (C=O) groups excluding carboxylic acids is 2. The molecule has 0 aliphatic heterocycles. The normalized spacial score (nSPS) is 11.0. The first-order valence-corrected chi connectivity index (χ1v) is 12.1. The topological polar surface area (TPSA) is 149 Å². The molecule has 2 aromatic carbocycles. The first-order chi connectivity index (χ1) is 18.9. The molecule has 0 bridgehead atoms. The summed E-state index contributed by atoms with van der Waals surface area (Å²) in [7, 11) is 0. The van der Waals surface area contributed by atoms with Crippen molar-refractivity contribution >= 4 is 40.3 Å². The number of aromatic nitrogens is 3. The van der Waals surface area contributed by atoms with Crippen molar-refractivity contribution in [3.63, 3.8) is 0 Å². The van der Waals surface area contributed by atoms with E-state index in [9.17, 15) is 22.8 Å². The van der Waals surface area contributed by atoms with E-state index in [0.717, 1.165) is 34.3 Å². The minimum Gasteiger partial charge on any atom is -0.475 e. The third kappa shape index (κ3) is 7.79. The number of alkyl halides is 3. The highest BCUT2D eigenvalue weighted by Crippen LogP contribution is 2.29. The van der Waals surface area contributed by atoms with E-state index >= 15 is 0 Å². The van der Waals surface area contributed by atoms with Gasteiger partial charge in [0.05, 0.1) is 5.69 Å². The van der Waals surface area contributed by atoms with Gasteiger partial charge in [0, 0.05) is 40.1 Å². The van der Waals surface area contributed by atoms with Crippen molar-refractivity contribution in [1.29, 1.82) is 0 Å². The number of carbonyl (C=O) groups is 3. The number of carboxylic acid groups (broad SMARTS) is 1. The van der Waals surface area contributed by atoms with Crippen LogP contribution in [-0.2, 0) is 11.2 Å². The Kier molecular flexibility index (Phi) is 9.43. The van der Waals surface area contributed by atoms with Crippen LogP contribution in [0.3, 0.4) is 0 Å². The average molecular weight is 557 g/mol. The van der Waals surface area contributed by atoms with Crippen LogP contribution < -0.4 is 16.0 Å². The lowest BCUT2D eigenvalue weighted by Gasteiger charge is -2.11. The Morgan fingerprint density at radius 1 is 1.00 bits per heavy atom. The highest BCUT2D eigenvalue weighted by molar-refractivity contribution is 6.01. The monoisotopic (exact) mass is 556 g/mol. The summed E-state index contributed by atoms with van der Waals surface area (Å²) in [4.78, 5) is 45.5. The molecule has 10 nitrogen and oxygen atoms in total. The van der Waals surface area contributed by atoms with E-state index in [2.05, 4.69) is 37.8 Å². The summed E-state index contributed by atoms with van der Waals surface area (Å²) in [5.74, 6) is -2.94. The highest BCUT2D eigenvalue weighted by Gasteiger charge is 2.38. The molecule has 4 rings (SSSR count). The summed E-state index contributed by atoms with van der Waals surface area (Å²) in [6.07, 6.45) is -0.701. The van der Waals surface area contributed by atoms with Crippen LogP contribution in [-0.4, -0.2) is 50.2 Å². The van der Waals surface area contributed by atoms with Crippen molar-refractivity contribution in [2.45, 2.75) is 39.4 Å².